The molecule has 0 radical (unpaired) electrons. The van der Waals surface area contributed by atoms with Crippen molar-refractivity contribution in [2.75, 3.05) is 37.6 Å². The Balaban J connectivity index is 1.53. The molecule has 1 saturated heterocycles. The molecule has 2 aromatic rings. The van der Waals surface area contributed by atoms with Crippen LogP contribution in [0.5, 0.6) is 0 Å². The fourth-order valence-corrected chi connectivity index (χ4v) is 3.61. The standard InChI is InChI=1S/C20H26N4O2S/c1-3-15(2)13-22-19(25)16-6-7-18(21-14-16)23-8-10-24(11-9-23)20(26)17-5-4-12-27-17/h4-7,12,14-15H,3,8-11,13H2,1-2H3,(H,22,25). The second-order valence-electron chi connectivity index (χ2n) is 6.89. The van der Waals surface area contributed by atoms with Crippen LogP contribution in [0.4, 0.5) is 5.82 Å². The summed E-state index contributed by atoms with van der Waals surface area (Å²) in [6.07, 6.45) is 2.67. The van der Waals surface area contributed by atoms with Crippen molar-refractivity contribution in [2.24, 2.45) is 5.92 Å². The molecule has 1 N–H and O–H groups in total. The Morgan fingerprint density at radius 1 is 1.22 bits per heavy atom. The summed E-state index contributed by atoms with van der Waals surface area (Å²) in [6, 6.07) is 7.47. The Morgan fingerprint density at radius 3 is 2.59 bits per heavy atom. The molecule has 27 heavy (non-hydrogen) atoms. The third kappa shape index (κ3) is 4.86. The third-order valence-corrected chi connectivity index (χ3v) is 5.80. The molecule has 3 heterocycles. The second-order valence-corrected chi connectivity index (χ2v) is 7.83. The quantitative estimate of drug-likeness (QED) is 0.829. The molecule has 2 aromatic heterocycles. The molecular weight excluding hydrogens is 360 g/mol. The number of pyridine rings is 1. The van der Waals surface area contributed by atoms with E-state index in [2.05, 4.69) is 29.0 Å². The van der Waals surface area contributed by atoms with E-state index in [4.69, 9.17) is 0 Å². The number of rotatable bonds is 6. The third-order valence-electron chi connectivity index (χ3n) is 4.94. The molecular formula is C20H26N4O2S. The average molecular weight is 387 g/mol. The van der Waals surface area contributed by atoms with Gasteiger partial charge in [0.25, 0.3) is 11.8 Å². The van der Waals surface area contributed by atoms with Gasteiger partial charge < -0.3 is 15.1 Å². The van der Waals surface area contributed by atoms with E-state index in [1.165, 1.54) is 11.3 Å². The maximum atomic E-state index is 12.4. The normalized spacial score (nSPS) is 15.5. The number of hydrogen-bond donors (Lipinski definition) is 1. The summed E-state index contributed by atoms with van der Waals surface area (Å²) in [5, 5.41) is 4.87. The van der Waals surface area contributed by atoms with Crippen molar-refractivity contribution in [3.63, 3.8) is 0 Å². The number of nitrogens with one attached hydrogen (secondary N) is 1. The van der Waals surface area contributed by atoms with E-state index < -0.39 is 0 Å². The molecule has 6 nitrogen and oxygen atoms in total. The fourth-order valence-electron chi connectivity index (χ4n) is 2.92. The van der Waals surface area contributed by atoms with Crippen LogP contribution in [0, 0.1) is 5.92 Å². The summed E-state index contributed by atoms with van der Waals surface area (Å²) in [5.41, 5.74) is 0.577. The molecule has 3 rings (SSSR count). The largest absolute Gasteiger partial charge is 0.353 e. The lowest BCUT2D eigenvalue weighted by molar-refractivity contribution is 0.0751. The summed E-state index contributed by atoms with van der Waals surface area (Å²) < 4.78 is 0. The van der Waals surface area contributed by atoms with Crippen LogP contribution >= 0.6 is 11.3 Å². The first-order valence-electron chi connectivity index (χ1n) is 9.40. The van der Waals surface area contributed by atoms with Crippen LogP contribution in [0.1, 0.15) is 40.3 Å². The second kappa shape index (κ2) is 8.99. The van der Waals surface area contributed by atoms with Crippen molar-refractivity contribution in [3.8, 4) is 0 Å². The van der Waals surface area contributed by atoms with Crippen molar-refractivity contribution in [3.05, 3.63) is 46.3 Å². The number of amides is 2. The first kappa shape index (κ1) is 19.4. The highest BCUT2D eigenvalue weighted by atomic mass is 32.1. The highest BCUT2D eigenvalue weighted by Crippen LogP contribution is 2.17. The van der Waals surface area contributed by atoms with Gasteiger partial charge in [0, 0.05) is 38.9 Å². The Bertz CT molecular complexity index is 753. The minimum absolute atomic E-state index is 0.0827. The summed E-state index contributed by atoms with van der Waals surface area (Å²) in [4.78, 5) is 33.9. The van der Waals surface area contributed by atoms with E-state index in [0.29, 0.717) is 31.1 Å². The number of piperazine rings is 1. The first-order valence-corrected chi connectivity index (χ1v) is 10.3. The molecule has 1 atom stereocenters. The Morgan fingerprint density at radius 2 is 2.00 bits per heavy atom. The highest BCUT2D eigenvalue weighted by molar-refractivity contribution is 7.12. The number of aromatic nitrogens is 1. The van der Waals surface area contributed by atoms with E-state index in [9.17, 15) is 9.59 Å². The van der Waals surface area contributed by atoms with E-state index in [0.717, 1.165) is 30.2 Å². The lowest BCUT2D eigenvalue weighted by Crippen LogP contribution is -2.48. The Kier molecular flexibility index (Phi) is 6.45. The summed E-state index contributed by atoms with van der Waals surface area (Å²) in [6.45, 7) is 7.74. The van der Waals surface area contributed by atoms with Crippen LogP contribution in [0.25, 0.3) is 0 Å². The molecule has 0 spiro atoms. The Labute approximate surface area is 164 Å². The highest BCUT2D eigenvalue weighted by Gasteiger charge is 2.23. The van der Waals surface area contributed by atoms with E-state index >= 15 is 0 Å². The van der Waals surface area contributed by atoms with Gasteiger partial charge in [-0.2, -0.15) is 0 Å². The molecule has 144 valence electrons. The lowest BCUT2D eigenvalue weighted by Gasteiger charge is -2.35. The van der Waals surface area contributed by atoms with Gasteiger partial charge in [0.15, 0.2) is 0 Å². The smallest absolute Gasteiger partial charge is 0.264 e. The molecule has 0 aliphatic carbocycles. The maximum absolute atomic E-state index is 12.4. The van der Waals surface area contributed by atoms with Crippen LogP contribution < -0.4 is 10.2 Å². The minimum atomic E-state index is -0.0827. The van der Waals surface area contributed by atoms with Gasteiger partial charge in [0.2, 0.25) is 0 Å². The van der Waals surface area contributed by atoms with Crippen molar-refractivity contribution in [2.45, 2.75) is 20.3 Å². The zero-order valence-electron chi connectivity index (χ0n) is 15.9. The van der Waals surface area contributed by atoms with Crippen LogP contribution in [-0.2, 0) is 0 Å². The predicted molar refractivity (Wildman–Crippen MR) is 108 cm³/mol. The summed E-state index contributed by atoms with van der Waals surface area (Å²) in [7, 11) is 0. The summed E-state index contributed by atoms with van der Waals surface area (Å²) >= 11 is 1.48. The monoisotopic (exact) mass is 386 g/mol. The van der Waals surface area contributed by atoms with Gasteiger partial charge in [0.1, 0.15) is 5.82 Å². The number of carbonyl (C=O) groups is 2. The van der Waals surface area contributed by atoms with Crippen molar-refractivity contribution in [1.82, 2.24) is 15.2 Å². The number of carbonyl (C=O) groups excluding carboxylic acids is 2. The predicted octanol–water partition coefficient (Wildman–Crippen LogP) is 2.88. The SMILES string of the molecule is CCC(C)CNC(=O)c1ccc(N2CCN(C(=O)c3cccs3)CC2)nc1. The Hall–Kier alpha value is -2.41. The van der Waals surface area contributed by atoms with E-state index in [1.54, 1.807) is 6.20 Å². The first-order chi connectivity index (χ1) is 13.1. The minimum Gasteiger partial charge on any atom is -0.353 e. The van der Waals surface area contributed by atoms with Gasteiger partial charge in [0.05, 0.1) is 10.4 Å². The van der Waals surface area contributed by atoms with Gasteiger partial charge >= 0.3 is 0 Å². The summed E-state index contributed by atoms with van der Waals surface area (Å²) in [5.74, 6) is 1.33. The van der Waals surface area contributed by atoms with Crippen LogP contribution in [0.2, 0.25) is 0 Å². The molecule has 1 aliphatic rings. The zero-order chi connectivity index (χ0) is 19.2. The number of thiophene rings is 1. The van der Waals surface area contributed by atoms with Gasteiger partial charge in [-0.05, 0) is 29.5 Å². The molecule has 7 heteroatoms. The van der Waals surface area contributed by atoms with Gasteiger partial charge in [-0.25, -0.2) is 4.98 Å². The lowest BCUT2D eigenvalue weighted by atomic mass is 10.1. The average Bonchev–Trinajstić information content (AvgIpc) is 3.26. The molecule has 0 bridgehead atoms. The molecule has 1 fully saturated rings. The van der Waals surface area contributed by atoms with Crippen molar-refractivity contribution in [1.29, 1.82) is 0 Å². The molecule has 0 saturated carbocycles. The van der Waals surface area contributed by atoms with E-state index in [1.807, 2.05) is 34.5 Å². The van der Waals surface area contributed by atoms with Crippen LogP contribution in [-0.4, -0.2) is 54.4 Å². The molecule has 1 aliphatic heterocycles. The van der Waals surface area contributed by atoms with Crippen molar-refractivity contribution < 1.29 is 9.59 Å². The van der Waals surface area contributed by atoms with E-state index in [-0.39, 0.29) is 11.8 Å². The van der Waals surface area contributed by atoms with Crippen LogP contribution in [0.15, 0.2) is 35.8 Å². The number of hydrogen-bond acceptors (Lipinski definition) is 5. The van der Waals surface area contributed by atoms with Crippen LogP contribution in [0.3, 0.4) is 0 Å². The topological polar surface area (TPSA) is 65.5 Å². The molecule has 1 unspecified atom stereocenters. The number of nitrogens with zero attached hydrogens (tertiary/aromatic N) is 3. The maximum Gasteiger partial charge on any atom is 0.264 e. The zero-order valence-corrected chi connectivity index (χ0v) is 16.7. The fraction of sp³-hybridized carbons (Fsp3) is 0.450. The van der Waals surface area contributed by atoms with Gasteiger partial charge in [-0.3, -0.25) is 9.59 Å². The number of anilines is 1. The molecule has 0 aromatic carbocycles. The van der Waals surface area contributed by atoms with Gasteiger partial charge in [-0.1, -0.05) is 26.3 Å². The van der Waals surface area contributed by atoms with Gasteiger partial charge in [-0.15, -0.1) is 11.3 Å². The molecule has 2 amide bonds. The van der Waals surface area contributed by atoms with Crippen molar-refractivity contribution >= 4 is 29.0 Å².